The van der Waals surface area contributed by atoms with Crippen molar-refractivity contribution in [2.24, 2.45) is 0 Å². The topological polar surface area (TPSA) is 73.9 Å². The number of nitrogens with zero attached hydrogens (tertiary/aromatic N) is 2. The number of ether oxygens (including phenoxy) is 1. The van der Waals surface area contributed by atoms with Gasteiger partial charge in [-0.3, -0.25) is 14.9 Å². The summed E-state index contributed by atoms with van der Waals surface area (Å²) in [5.41, 5.74) is 4.32. The van der Waals surface area contributed by atoms with Crippen molar-refractivity contribution in [1.29, 1.82) is 0 Å². The molecule has 0 aliphatic carbocycles. The van der Waals surface area contributed by atoms with Gasteiger partial charge < -0.3 is 19.9 Å². The van der Waals surface area contributed by atoms with E-state index in [1.807, 2.05) is 59.5 Å². The highest BCUT2D eigenvalue weighted by molar-refractivity contribution is 7.80. The Kier molecular flexibility index (Phi) is 9.91. The Hall–Kier alpha value is -3.91. The van der Waals surface area contributed by atoms with Crippen LogP contribution >= 0.6 is 12.2 Å². The molecule has 39 heavy (non-hydrogen) atoms. The van der Waals surface area contributed by atoms with Crippen molar-refractivity contribution in [2.45, 2.75) is 33.1 Å². The normalized spacial score (nSPS) is 13.1. The minimum absolute atomic E-state index is 0.0863. The van der Waals surface area contributed by atoms with Crippen LogP contribution < -0.4 is 20.3 Å². The summed E-state index contributed by atoms with van der Waals surface area (Å²) in [6, 6.07) is 22.9. The summed E-state index contributed by atoms with van der Waals surface area (Å²) in [7, 11) is 0. The molecule has 0 spiro atoms. The molecule has 0 radical (unpaired) electrons. The lowest BCUT2D eigenvalue weighted by atomic mass is 10.1. The van der Waals surface area contributed by atoms with Gasteiger partial charge in [-0.1, -0.05) is 38.5 Å². The Morgan fingerprint density at radius 3 is 2.28 bits per heavy atom. The summed E-state index contributed by atoms with van der Waals surface area (Å²) < 4.78 is 5.69. The molecule has 2 N–H and O–H groups in total. The highest BCUT2D eigenvalue weighted by Gasteiger charge is 2.22. The lowest BCUT2D eigenvalue weighted by Crippen LogP contribution is -2.48. The van der Waals surface area contributed by atoms with Crippen LogP contribution in [0.2, 0.25) is 0 Å². The van der Waals surface area contributed by atoms with E-state index in [1.165, 1.54) is 5.56 Å². The molecule has 1 aliphatic heterocycles. The molecule has 0 unspecified atom stereocenters. The van der Waals surface area contributed by atoms with Crippen LogP contribution in [0.15, 0.2) is 72.8 Å². The highest BCUT2D eigenvalue weighted by atomic mass is 32.1. The lowest BCUT2D eigenvalue weighted by Gasteiger charge is -2.36. The van der Waals surface area contributed by atoms with Crippen LogP contribution in [0.1, 0.15) is 53.0 Å². The number of nitrogens with one attached hydrogen (secondary N) is 2. The van der Waals surface area contributed by atoms with Gasteiger partial charge in [-0.15, -0.1) is 0 Å². The summed E-state index contributed by atoms with van der Waals surface area (Å²) >= 11 is 5.36. The number of unbranched alkanes of at least 4 members (excludes halogenated alkanes) is 1. The molecule has 1 saturated heterocycles. The van der Waals surface area contributed by atoms with Gasteiger partial charge in [-0.05, 0) is 85.2 Å². The molecule has 0 saturated carbocycles. The average molecular weight is 545 g/mol. The number of anilines is 2. The average Bonchev–Trinajstić information content (AvgIpc) is 2.97. The van der Waals surface area contributed by atoms with E-state index in [9.17, 15) is 9.59 Å². The molecule has 1 heterocycles. The van der Waals surface area contributed by atoms with Crippen LogP contribution in [0, 0.1) is 0 Å². The molecule has 0 bridgehead atoms. The first-order valence-electron chi connectivity index (χ1n) is 13.5. The fraction of sp³-hybridized carbons (Fsp3) is 0.323. The van der Waals surface area contributed by atoms with Gasteiger partial charge in [0.2, 0.25) is 0 Å². The van der Waals surface area contributed by atoms with Crippen LogP contribution in [0.3, 0.4) is 0 Å². The van der Waals surface area contributed by atoms with Crippen LogP contribution in [0.5, 0.6) is 5.75 Å². The molecular weight excluding hydrogens is 508 g/mol. The van der Waals surface area contributed by atoms with Crippen molar-refractivity contribution < 1.29 is 14.3 Å². The Labute approximate surface area is 236 Å². The van der Waals surface area contributed by atoms with E-state index >= 15 is 0 Å². The van der Waals surface area contributed by atoms with E-state index < -0.39 is 0 Å². The van der Waals surface area contributed by atoms with E-state index in [0.29, 0.717) is 31.0 Å². The number of aryl methyl sites for hydroxylation is 1. The van der Waals surface area contributed by atoms with E-state index in [0.717, 1.165) is 49.3 Å². The number of hydrogen-bond acceptors (Lipinski definition) is 5. The highest BCUT2D eigenvalue weighted by Crippen LogP contribution is 2.21. The third-order valence-electron chi connectivity index (χ3n) is 6.76. The summed E-state index contributed by atoms with van der Waals surface area (Å²) in [5.74, 6) is 0.461. The van der Waals surface area contributed by atoms with Crippen molar-refractivity contribution in [3.8, 4) is 5.75 Å². The van der Waals surface area contributed by atoms with Gasteiger partial charge in [0.25, 0.3) is 11.8 Å². The van der Waals surface area contributed by atoms with Crippen molar-refractivity contribution in [3.63, 3.8) is 0 Å². The molecule has 0 atom stereocenters. The maximum atomic E-state index is 12.9. The second-order valence-corrected chi connectivity index (χ2v) is 9.92. The molecular formula is C31H36N4O3S. The van der Waals surface area contributed by atoms with Crippen LogP contribution in [-0.4, -0.2) is 54.6 Å². The van der Waals surface area contributed by atoms with E-state index in [4.69, 9.17) is 17.0 Å². The zero-order valence-electron chi connectivity index (χ0n) is 22.6. The zero-order valence-corrected chi connectivity index (χ0v) is 23.4. The zero-order chi connectivity index (χ0) is 27.6. The number of thiocarbonyl (C=S) groups is 1. The minimum atomic E-state index is -0.293. The predicted octanol–water partition coefficient (Wildman–Crippen LogP) is 5.52. The molecule has 4 rings (SSSR count). The largest absolute Gasteiger partial charge is 0.494 e. The Balaban J connectivity index is 1.25. The molecule has 1 aliphatic rings. The predicted molar refractivity (Wildman–Crippen MR) is 161 cm³/mol. The van der Waals surface area contributed by atoms with Crippen molar-refractivity contribution >= 4 is 40.5 Å². The van der Waals surface area contributed by atoms with Crippen LogP contribution in [0.4, 0.5) is 11.4 Å². The Morgan fingerprint density at radius 2 is 1.62 bits per heavy atom. The van der Waals surface area contributed by atoms with Gasteiger partial charge in [-0.25, -0.2) is 0 Å². The summed E-state index contributed by atoms with van der Waals surface area (Å²) in [6.07, 6.45) is 2.98. The van der Waals surface area contributed by atoms with Crippen molar-refractivity contribution in [1.82, 2.24) is 10.2 Å². The fourth-order valence-corrected chi connectivity index (χ4v) is 4.60. The molecule has 0 aromatic heterocycles. The molecule has 3 aromatic carbocycles. The second-order valence-electron chi connectivity index (χ2n) is 9.51. The van der Waals surface area contributed by atoms with Gasteiger partial charge in [-0.2, -0.15) is 0 Å². The first-order chi connectivity index (χ1) is 19.0. The molecule has 7 nitrogen and oxygen atoms in total. The van der Waals surface area contributed by atoms with E-state index in [1.54, 1.807) is 18.2 Å². The standard InChI is InChI=1S/C31H36N4O3S/c1-3-5-21-38-28-8-6-7-25(22-28)29(36)33-31(39)32-26-13-15-27(16-14-26)34-17-19-35(20-18-34)30(37)24-11-9-23(4-2)10-12-24/h6-16,22H,3-5,17-21H2,1-2H3,(H2,32,33,36,39). The van der Waals surface area contributed by atoms with Gasteiger partial charge in [0.05, 0.1) is 6.61 Å². The van der Waals surface area contributed by atoms with Gasteiger partial charge in [0.15, 0.2) is 5.11 Å². The second kappa shape index (κ2) is 13.8. The number of carbonyl (C=O) groups excluding carboxylic acids is 2. The monoisotopic (exact) mass is 544 g/mol. The number of hydrogen-bond donors (Lipinski definition) is 2. The van der Waals surface area contributed by atoms with Gasteiger partial charge in [0, 0.05) is 48.7 Å². The minimum Gasteiger partial charge on any atom is -0.494 e. The Morgan fingerprint density at radius 1 is 0.897 bits per heavy atom. The third kappa shape index (κ3) is 7.80. The fourth-order valence-electron chi connectivity index (χ4n) is 4.39. The number of carbonyl (C=O) groups is 2. The van der Waals surface area contributed by atoms with Gasteiger partial charge in [0.1, 0.15) is 5.75 Å². The third-order valence-corrected chi connectivity index (χ3v) is 6.96. The first kappa shape index (κ1) is 28.1. The van der Waals surface area contributed by atoms with Crippen LogP contribution in [-0.2, 0) is 6.42 Å². The van der Waals surface area contributed by atoms with E-state index in [-0.39, 0.29) is 16.9 Å². The molecule has 2 amide bonds. The quantitative estimate of drug-likeness (QED) is 0.273. The lowest BCUT2D eigenvalue weighted by molar-refractivity contribution is 0.0746. The first-order valence-corrected chi connectivity index (χ1v) is 14.0. The summed E-state index contributed by atoms with van der Waals surface area (Å²) in [4.78, 5) is 29.7. The summed E-state index contributed by atoms with van der Waals surface area (Å²) in [6.45, 7) is 7.72. The van der Waals surface area contributed by atoms with Crippen LogP contribution in [0.25, 0.3) is 0 Å². The summed E-state index contributed by atoms with van der Waals surface area (Å²) in [5, 5.41) is 6.03. The molecule has 3 aromatic rings. The number of rotatable bonds is 9. The molecule has 204 valence electrons. The van der Waals surface area contributed by atoms with Crippen molar-refractivity contribution in [3.05, 3.63) is 89.5 Å². The SMILES string of the molecule is CCCCOc1cccc(C(=O)NC(=S)Nc2ccc(N3CCN(C(=O)c4ccc(CC)cc4)CC3)cc2)c1. The Bertz CT molecular complexity index is 1270. The molecule has 1 fully saturated rings. The number of amides is 2. The number of benzene rings is 3. The van der Waals surface area contributed by atoms with Crippen molar-refractivity contribution in [2.75, 3.05) is 43.0 Å². The smallest absolute Gasteiger partial charge is 0.257 e. The maximum absolute atomic E-state index is 12.9. The molecule has 8 heteroatoms. The number of piperazine rings is 1. The maximum Gasteiger partial charge on any atom is 0.257 e. The van der Waals surface area contributed by atoms with Gasteiger partial charge >= 0.3 is 0 Å². The van der Waals surface area contributed by atoms with E-state index in [2.05, 4.69) is 29.4 Å².